The summed E-state index contributed by atoms with van der Waals surface area (Å²) in [6, 6.07) is 12.0. The van der Waals surface area contributed by atoms with Gasteiger partial charge in [-0.05, 0) is 25.0 Å². The summed E-state index contributed by atoms with van der Waals surface area (Å²) in [7, 11) is 2.57. The molecule has 0 fully saturated rings. The molecule has 0 aliphatic rings. The molecule has 0 N–H and O–H groups in total. The van der Waals surface area contributed by atoms with E-state index in [4.69, 9.17) is 9.47 Å². The predicted octanol–water partition coefficient (Wildman–Crippen LogP) is 3.74. The Kier molecular flexibility index (Phi) is 7.99. The van der Waals surface area contributed by atoms with Gasteiger partial charge in [0.25, 0.3) is 0 Å². The van der Waals surface area contributed by atoms with Gasteiger partial charge in [0.15, 0.2) is 12.7 Å². The van der Waals surface area contributed by atoms with E-state index >= 15 is 0 Å². The number of esters is 2. The fraction of sp³-hybridized carbons (Fsp3) is 0.409. The van der Waals surface area contributed by atoms with Crippen LogP contribution in [0.15, 0.2) is 53.7 Å². The molecule has 1 heterocycles. The zero-order valence-electron chi connectivity index (χ0n) is 16.4. The second-order valence-corrected chi connectivity index (χ2v) is 6.47. The molecule has 1 aromatic heterocycles. The molecule has 0 amide bonds. The van der Waals surface area contributed by atoms with Crippen LogP contribution in [-0.2, 0) is 25.6 Å². The number of benzene rings is 1. The van der Waals surface area contributed by atoms with Crippen molar-refractivity contribution in [1.29, 1.82) is 0 Å². The quantitative estimate of drug-likeness (QED) is 0.168. The fourth-order valence-corrected chi connectivity index (χ4v) is 3.19. The molecule has 0 saturated carbocycles. The molecule has 0 radical (unpaired) electrons. The molecule has 2 rings (SSSR count). The van der Waals surface area contributed by atoms with Crippen molar-refractivity contribution >= 4 is 22.8 Å². The Bertz CT molecular complexity index is 803. The van der Waals surface area contributed by atoms with Gasteiger partial charge >= 0.3 is 11.9 Å². The first-order chi connectivity index (χ1) is 13.1. The summed E-state index contributed by atoms with van der Waals surface area (Å²) in [5.74, 6) is -1.29. The number of nitrogens with zero attached hydrogens (tertiary/aromatic N) is 1. The second-order valence-electron chi connectivity index (χ2n) is 6.47. The molecule has 0 spiro atoms. The third-order valence-electron chi connectivity index (χ3n) is 4.61. The number of allylic oxidation sites excluding steroid dienone is 1. The SMILES string of the molecule is CCCCCCC(C[n+]1cccc2ccccc21)=C(C(=O)OC)C(=O)OC. The fourth-order valence-electron chi connectivity index (χ4n) is 3.19. The number of fused-ring (bicyclic) bond motifs is 1. The highest BCUT2D eigenvalue weighted by molar-refractivity contribution is 6.14. The minimum Gasteiger partial charge on any atom is -0.465 e. The minimum absolute atomic E-state index is 0.0110. The van der Waals surface area contributed by atoms with Gasteiger partial charge in [-0.15, -0.1) is 0 Å². The first-order valence-corrected chi connectivity index (χ1v) is 9.38. The number of ether oxygens (including phenoxy) is 2. The highest BCUT2D eigenvalue weighted by Crippen LogP contribution is 2.19. The zero-order chi connectivity index (χ0) is 19.6. The predicted molar refractivity (Wildman–Crippen MR) is 104 cm³/mol. The van der Waals surface area contributed by atoms with Crippen molar-refractivity contribution in [2.45, 2.75) is 45.6 Å². The van der Waals surface area contributed by atoms with Crippen LogP contribution in [0.4, 0.5) is 0 Å². The number of pyridine rings is 1. The standard InChI is InChI=1S/C22H28NO4/c1-4-5-6-7-12-18(20(21(24)26-2)22(25)27-3)16-23-15-10-13-17-11-8-9-14-19(17)23/h8-11,13-15H,4-7,12,16H2,1-3H3/q+1. The molecule has 0 saturated heterocycles. The van der Waals surface area contributed by atoms with Crippen LogP contribution < -0.4 is 4.57 Å². The molecule has 0 aliphatic heterocycles. The Balaban J connectivity index is 2.45. The van der Waals surface area contributed by atoms with Gasteiger partial charge < -0.3 is 9.47 Å². The maximum absolute atomic E-state index is 12.3. The van der Waals surface area contributed by atoms with Crippen molar-refractivity contribution in [3.05, 3.63) is 53.7 Å². The second kappa shape index (κ2) is 10.5. The van der Waals surface area contributed by atoms with Crippen LogP contribution in [0.25, 0.3) is 10.9 Å². The number of unbranched alkanes of at least 4 members (excludes halogenated alkanes) is 3. The van der Waals surface area contributed by atoms with Crippen LogP contribution in [0.1, 0.15) is 39.0 Å². The first-order valence-electron chi connectivity index (χ1n) is 9.38. The van der Waals surface area contributed by atoms with Gasteiger partial charge in [-0.25, -0.2) is 9.59 Å². The lowest BCUT2D eigenvalue weighted by Gasteiger charge is -2.11. The Morgan fingerprint density at radius 2 is 1.59 bits per heavy atom. The van der Waals surface area contributed by atoms with Gasteiger partial charge in [-0.1, -0.05) is 38.3 Å². The molecule has 0 aliphatic carbocycles. The number of carbonyl (C=O) groups is 2. The molecule has 0 atom stereocenters. The van der Waals surface area contributed by atoms with Gasteiger partial charge in [-0.2, -0.15) is 4.57 Å². The van der Waals surface area contributed by atoms with Gasteiger partial charge in [0.05, 0.1) is 14.2 Å². The molecule has 2 aromatic rings. The largest absolute Gasteiger partial charge is 0.465 e. The lowest BCUT2D eigenvalue weighted by molar-refractivity contribution is -0.663. The maximum Gasteiger partial charge on any atom is 0.345 e. The highest BCUT2D eigenvalue weighted by atomic mass is 16.5. The summed E-state index contributed by atoms with van der Waals surface area (Å²) in [5.41, 5.74) is 1.79. The first kappa shape index (κ1) is 20.6. The molecular weight excluding hydrogens is 342 g/mol. The van der Waals surface area contributed by atoms with Crippen molar-refractivity contribution in [2.24, 2.45) is 0 Å². The average molecular weight is 370 g/mol. The van der Waals surface area contributed by atoms with E-state index in [0.29, 0.717) is 13.0 Å². The van der Waals surface area contributed by atoms with Gasteiger partial charge in [0, 0.05) is 23.1 Å². The number of carbonyl (C=O) groups excluding carboxylic acids is 2. The van der Waals surface area contributed by atoms with E-state index < -0.39 is 11.9 Å². The van der Waals surface area contributed by atoms with E-state index in [9.17, 15) is 9.59 Å². The van der Waals surface area contributed by atoms with E-state index in [0.717, 1.165) is 42.2 Å². The summed E-state index contributed by atoms with van der Waals surface area (Å²) in [6.45, 7) is 2.59. The zero-order valence-corrected chi connectivity index (χ0v) is 16.4. The molecule has 0 bridgehead atoms. The Labute approximate surface area is 160 Å². The van der Waals surface area contributed by atoms with Crippen molar-refractivity contribution in [3.63, 3.8) is 0 Å². The maximum atomic E-state index is 12.3. The normalized spacial score (nSPS) is 10.5. The van der Waals surface area contributed by atoms with Gasteiger partial charge in [0.2, 0.25) is 5.52 Å². The van der Waals surface area contributed by atoms with Gasteiger partial charge in [-0.3, -0.25) is 0 Å². The molecule has 27 heavy (non-hydrogen) atoms. The Morgan fingerprint density at radius 1 is 0.926 bits per heavy atom. The van der Waals surface area contributed by atoms with Crippen LogP contribution in [0.2, 0.25) is 0 Å². The summed E-state index contributed by atoms with van der Waals surface area (Å²) in [5, 5.41) is 1.10. The van der Waals surface area contributed by atoms with E-state index in [1.807, 2.05) is 42.6 Å². The molecule has 5 nitrogen and oxygen atoms in total. The third-order valence-corrected chi connectivity index (χ3v) is 4.61. The van der Waals surface area contributed by atoms with Crippen molar-refractivity contribution in [2.75, 3.05) is 14.2 Å². The summed E-state index contributed by atoms with van der Waals surface area (Å²) >= 11 is 0. The van der Waals surface area contributed by atoms with Crippen molar-refractivity contribution in [3.8, 4) is 0 Å². The third kappa shape index (κ3) is 5.39. The number of methoxy groups -OCH3 is 2. The monoisotopic (exact) mass is 370 g/mol. The summed E-state index contributed by atoms with van der Waals surface area (Å²) < 4.78 is 11.8. The average Bonchev–Trinajstić information content (AvgIpc) is 2.70. The molecular formula is C22H28NO4+. The topological polar surface area (TPSA) is 56.5 Å². The number of hydrogen-bond donors (Lipinski definition) is 0. The Hall–Kier alpha value is -2.69. The number of rotatable bonds is 9. The molecule has 5 heteroatoms. The van der Waals surface area contributed by atoms with Crippen LogP contribution >= 0.6 is 0 Å². The van der Waals surface area contributed by atoms with Crippen LogP contribution in [0.5, 0.6) is 0 Å². The highest BCUT2D eigenvalue weighted by Gasteiger charge is 2.27. The van der Waals surface area contributed by atoms with E-state index in [-0.39, 0.29) is 5.57 Å². The van der Waals surface area contributed by atoms with Crippen LogP contribution in [0.3, 0.4) is 0 Å². The Morgan fingerprint density at radius 3 is 2.26 bits per heavy atom. The molecule has 1 aromatic carbocycles. The minimum atomic E-state index is -0.645. The number of aromatic nitrogens is 1. The van der Waals surface area contributed by atoms with Crippen molar-refractivity contribution < 1.29 is 23.6 Å². The summed E-state index contributed by atoms with van der Waals surface area (Å²) in [4.78, 5) is 24.6. The lowest BCUT2D eigenvalue weighted by Crippen LogP contribution is -2.36. The smallest absolute Gasteiger partial charge is 0.345 e. The molecule has 144 valence electrons. The van der Waals surface area contributed by atoms with E-state index in [2.05, 4.69) is 11.5 Å². The van der Waals surface area contributed by atoms with E-state index in [1.165, 1.54) is 14.2 Å². The van der Waals surface area contributed by atoms with Gasteiger partial charge in [0.1, 0.15) is 5.57 Å². The number of para-hydroxylation sites is 1. The summed E-state index contributed by atoms with van der Waals surface area (Å²) in [6.07, 6.45) is 6.82. The number of hydrogen-bond acceptors (Lipinski definition) is 4. The van der Waals surface area contributed by atoms with Crippen LogP contribution in [0, 0.1) is 0 Å². The van der Waals surface area contributed by atoms with E-state index in [1.54, 1.807) is 0 Å². The van der Waals surface area contributed by atoms with Crippen LogP contribution in [-0.4, -0.2) is 26.2 Å². The lowest BCUT2D eigenvalue weighted by atomic mass is 10.00. The molecule has 0 unspecified atom stereocenters. The van der Waals surface area contributed by atoms with Crippen molar-refractivity contribution in [1.82, 2.24) is 0 Å².